The minimum atomic E-state index is -0.0933. The molecule has 0 bridgehead atoms. The fourth-order valence-corrected chi connectivity index (χ4v) is 3.49. The van der Waals surface area contributed by atoms with Gasteiger partial charge in [-0.05, 0) is 54.6 Å². The molecule has 0 radical (unpaired) electrons. The lowest BCUT2D eigenvalue weighted by Crippen LogP contribution is -2.33. The van der Waals surface area contributed by atoms with E-state index in [1.165, 1.54) is 6.42 Å². The average molecular weight is 283 g/mol. The van der Waals surface area contributed by atoms with Gasteiger partial charge in [-0.2, -0.15) is 0 Å². The third-order valence-electron chi connectivity index (χ3n) is 4.55. The monoisotopic (exact) mass is 282 g/mol. The molecule has 1 aromatic carbocycles. The van der Waals surface area contributed by atoms with Gasteiger partial charge in [0.1, 0.15) is 5.82 Å². The van der Waals surface area contributed by atoms with Crippen LogP contribution in [0.5, 0.6) is 0 Å². The first kappa shape index (κ1) is 14.8. The number of hydrogen-bond acceptors (Lipinski definition) is 0. The molecule has 1 aliphatic rings. The Morgan fingerprint density at radius 1 is 1.21 bits per heavy atom. The van der Waals surface area contributed by atoms with E-state index in [1.807, 2.05) is 12.1 Å². The smallest absolute Gasteiger partial charge is 0.126 e. The third-order valence-corrected chi connectivity index (χ3v) is 5.13. The fourth-order valence-electron chi connectivity index (χ4n) is 3.17. The molecule has 2 rings (SSSR count). The Hall–Kier alpha value is -0.560. The van der Waals surface area contributed by atoms with Gasteiger partial charge in [0.15, 0.2) is 0 Å². The van der Waals surface area contributed by atoms with Crippen molar-refractivity contribution in [2.75, 3.05) is 0 Å². The van der Waals surface area contributed by atoms with Crippen LogP contribution in [0.2, 0.25) is 0 Å². The Balaban J connectivity index is 2.08. The first-order valence-electron chi connectivity index (χ1n) is 7.25. The van der Waals surface area contributed by atoms with E-state index in [4.69, 9.17) is 11.6 Å². The van der Waals surface area contributed by atoms with Crippen molar-refractivity contribution in [3.05, 3.63) is 35.6 Å². The molecule has 106 valence electrons. The van der Waals surface area contributed by atoms with Gasteiger partial charge in [0.05, 0.1) is 0 Å². The number of rotatable bonds is 2. The molecule has 1 fully saturated rings. The van der Waals surface area contributed by atoms with Gasteiger partial charge in [-0.3, -0.25) is 0 Å². The van der Waals surface area contributed by atoms with Crippen LogP contribution in [-0.2, 0) is 6.42 Å². The summed E-state index contributed by atoms with van der Waals surface area (Å²) in [4.78, 5) is 0. The summed E-state index contributed by atoms with van der Waals surface area (Å²) in [6.07, 6.45) is 4.15. The van der Waals surface area contributed by atoms with E-state index >= 15 is 0 Å². The number of benzene rings is 1. The van der Waals surface area contributed by atoms with Crippen LogP contribution in [0.1, 0.15) is 45.6 Å². The predicted octanol–water partition coefficient (Wildman–Crippen LogP) is 5.44. The zero-order valence-corrected chi connectivity index (χ0v) is 12.9. The molecular weight excluding hydrogens is 259 g/mol. The van der Waals surface area contributed by atoms with Crippen LogP contribution in [0.3, 0.4) is 0 Å². The van der Waals surface area contributed by atoms with Gasteiger partial charge in [-0.25, -0.2) is 4.39 Å². The largest absolute Gasteiger partial charge is 0.207 e. The zero-order valence-electron chi connectivity index (χ0n) is 12.1. The second-order valence-corrected chi connectivity index (χ2v) is 7.51. The minimum Gasteiger partial charge on any atom is -0.207 e. The van der Waals surface area contributed by atoms with Crippen molar-refractivity contribution in [1.82, 2.24) is 0 Å². The summed E-state index contributed by atoms with van der Waals surface area (Å²) >= 11 is 6.48. The van der Waals surface area contributed by atoms with Gasteiger partial charge in [0.2, 0.25) is 0 Å². The first-order chi connectivity index (χ1) is 8.88. The summed E-state index contributed by atoms with van der Waals surface area (Å²) in [6.45, 7) is 6.89. The Labute approximate surface area is 121 Å². The van der Waals surface area contributed by atoms with Crippen LogP contribution in [0.25, 0.3) is 0 Å². The van der Waals surface area contributed by atoms with E-state index < -0.39 is 0 Å². The summed E-state index contributed by atoms with van der Waals surface area (Å²) in [5.74, 6) is 1.00. The molecule has 2 heteroatoms. The third kappa shape index (κ3) is 3.72. The molecule has 1 aliphatic carbocycles. The van der Waals surface area contributed by atoms with Crippen molar-refractivity contribution in [2.24, 2.45) is 17.3 Å². The Kier molecular flexibility index (Phi) is 4.55. The molecule has 0 nitrogen and oxygen atoms in total. The maximum absolute atomic E-state index is 13.8. The molecule has 0 heterocycles. The number of alkyl halides is 1. The highest BCUT2D eigenvalue weighted by Gasteiger charge is 2.35. The summed E-state index contributed by atoms with van der Waals surface area (Å²) in [5.41, 5.74) is 1.14. The van der Waals surface area contributed by atoms with Crippen LogP contribution < -0.4 is 0 Å². The van der Waals surface area contributed by atoms with E-state index in [0.29, 0.717) is 17.3 Å². The number of hydrogen-bond donors (Lipinski definition) is 0. The van der Waals surface area contributed by atoms with E-state index in [2.05, 4.69) is 20.8 Å². The van der Waals surface area contributed by atoms with Crippen molar-refractivity contribution in [2.45, 2.75) is 51.8 Å². The van der Waals surface area contributed by atoms with E-state index in [9.17, 15) is 4.39 Å². The van der Waals surface area contributed by atoms with Crippen LogP contribution in [0, 0.1) is 23.1 Å². The van der Waals surface area contributed by atoms with Gasteiger partial charge < -0.3 is 0 Å². The molecule has 1 aromatic rings. The SMILES string of the molecule is CC(C)(C)C1CCC(Cl)C(Cc2ccccc2F)C1. The Morgan fingerprint density at radius 3 is 2.53 bits per heavy atom. The lowest BCUT2D eigenvalue weighted by Gasteiger charge is -2.40. The molecule has 0 saturated heterocycles. The van der Waals surface area contributed by atoms with E-state index in [-0.39, 0.29) is 11.2 Å². The maximum atomic E-state index is 13.8. The Bertz CT molecular complexity index is 422. The van der Waals surface area contributed by atoms with Crippen molar-refractivity contribution < 1.29 is 4.39 Å². The highest BCUT2D eigenvalue weighted by molar-refractivity contribution is 6.20. The van der Waals surface area contributed by atoms with Crippen LogP contribution in [0.4, 0.5) is 4.39 Å². The lowest BCUT2D eigenvalue weighted by atomic mass is 9.68. The zero-order chi connectivity index (χ0) is 14.0. The summed E-state index contributed by atoms with van der Waals surface area (Å²) in [7, 11) is 0. The lowest BCUT2D eigenvalue weighted by molar-refractivity contribution is 0.143. The highest BCUT2D eigenvalue weighted by atomic mass is 35.5. The minimum absolute atomic E-state index is 0.0933. The molecule has 0 aliphatic heterocycles. The molecule has 1 saturated carbocycles. The second-order valence-electron chi connectivity index (χ2n) is 6.95. The van der Waals surface area contributed by atoms with Crippen molar-refractivity contribution in [3.63, 3.8) is 0 Å². The summed E-state index contributed by atoms with van der Waals surface area (Å²) < 4.78 is 13.8. The summed E-state index contributed by atoms with van der Waals surface area (Å²) in [5, 5.41) is 0.193. The fraction of sp³-hybridized carbons (Fsp3) is 0.647. The van der Waals surface area contributed by atoms with Crippen LogP contribution in [-0.4, -0.2) is 5.38 Å². The van der Waals surface area contributed by atoms with E-state index in [0.717, 1.165) is 24.8 Å². The van der Waals surface area contributed by atoms with Gasteiger partial charge in [-0.1, -0.05) is 39.0 Å². The van der Waals surface area contributed by atoms with Gasteiger partial charge in [0.25, 0.3) is 0 Å². The Morgan fingerprint density at radius 2 is 1.89 bits per heavy atom. The molecule has 0 amide bonds. The van der Waals surface area contributed by atoms with Crippen LogP contribution in [0.15, 0.2) is 24.3 Å². The number of halogens is 2. The molecule has 3 atom stereocenters. The summed E-state index contributed by atoms with van der Waals surface area (Å²) in [6, 6.07) is 7.09. The van der Waals surface area contributed by atoms with Gasteiger partial charge in [-0.15, -0.1) is 11.6 Å². The van der Waals surface area contributed by atoms with Crippen LogP contribution >= 0.6 is 11.6 Å². The van der Waals surface area contributed by atoms with Crippen molar-refractivity contribution >= 4 is 11.6 Å². The van der Waals surface area contributed by atoms with Gasteiger partial charge >= 0.3 is 0 Å². The van der Waals surface area contributed by atoms with Crippen molar-refractivity contribution in [1.29, 1.82) is 0 Å². The topological polar surface area (TPSA) is 0 Å². The highest BCUT2D eigenvalue weighted by Crippen LogP contribution is 2.43. The van der Waals surface area contributed by atoms with E-state index in [1.54, 1.807) is 12.1 Å². The molecule has 3 unspecified atom stereocenters. The molecule has 0 spiro atoms. The molecule has 19 heavy (non-hydrogen) atoms. The van der Waals surface area contributed by atoms with Crippen molar-refractivity contribution in [3.8, 4) is 0 Å². The molecule has 0 N–H and O–H groups in total. The average Bonchev–Trinajstić information content (AvgIpc) is 2.33. The molecular formula is C17H24ClF. The maximum Gasteiger partial charge on any atom is 0.126 e. The second kappa shape index (κ2) is 5.83. The van der Waals surface area contributed by atoms with Gasteiger partial charge in [0, 0.05) is 5.38 Å². The first-order valence-corrected chi connectivity index (χ1v) is 7.69. The quantitative estimate of drug-likeness (QED) is 0.634. The normalized spacial score (nSPS) is 28.4. The predicted molar refractivity (Wildman–Crippen MR) is 80.0 cm³/mol. The molecule has 0 aromatic heterocycles. The standard InChI is InChI=1S/C17H24ClF/c1-17(2,3)14-8-9-15(18)13(11-14)10-12-6-4-5-7-16(12)19/h4-7,13-15H,8-11H2,1-3H3.